The maximum atomic E-state index is 11.2. The van der Waals surface area contributed by atoms with Gasteiger partial charge in [0.25, 0.3) is 0 Å². The summed E-state index contributed by atoms with van der Waals surface area (Å²) in [4.78, 5) is 0. The van der Waals surface area contributed by atoms with Crippen LogP contribution in [0, 0.1) is 13.8 Å². The van der Waals surface area contributed by atoms with E-state index in [1.165, 1.54) is 11.1 Å². The molecule has 0 aliphatic heterocycles. The van der Waals surface area contributed by atoms with Gasteiger partial charge in [0, 0.05) is 15.6 Å². The summed E-state index contributed by atoms with van der Waals surface area (Å²) in [7, 11) is -1.18. The molecule has 0 bridgehead atoms. The van der Waals surface area contributed by atoms with E-state index in [-0.39, 0.29) is 0 Å². The van der Waals surface area contributed by atoms with E-state index in [1.807, 2.05) is 32.0 Å². The molecule has 3 aromatic carbocycles. The molecule has 0 saturated heterocycles. The molecule has 0 aliphatic carbocycles. The highest BCUT2D eigenvalue weighted by Gasteiger charge is 2.25. The van der Waals surface area contributed by atoms with Crippen LogP contribution in [0.4, 0.5) is 0 Å². The Hall–Kier alpha value is -2.02. The van der Waals surface area contributed by atoms with Gasteiger partial charge in [0.15, 0.2) is 0 Å². The molecule has 2 N–H and O–H groups in total. The highest BCUT2D eigenvalue weighted by atomic mass is 35.5. The molecule has 3 aromatic rings. The predicted molar refractivity (Wildman–Crippen MR) is 140 cm³/mol. The van der Waals surface area contributed by atoms with Crippen LogP contribution in [-0.4, -0.2) is 10.2 Å². The average Bonchev–Trinajstić information content (AvgIpc) is 2.77. The summed E-state index contributed by atoms with van der Waals surface area (Å²) < 4.78 is 0. The number of hydrogen-bond acceptors (Lipinski definition) is 2. The zero-order chi connectivity index (χ0) is 23.3. The van der Waals surface area contributed by atoms with Crippen molar-refractivity contribution in [3.63, 3.8) is 0 Å². The summed E-state index contributed by atoms with van der Waals surface area (Å²) in [6.07, 6.45) is 6.41. The molecule has 0 aliphatic rings. The third-order valence-electron chi connectivity index (χ3n) is 5.87. The van der Waals surface area contributed by atoms with Crippen molar-refractivity contribution < 1.29 is 10.2 Å². The van der Waals surface area contributed by atoms with Crippen molar-refractivity contribution >= 4 is 35.4 Å². The van der Waals surface area contributed by atoms with Gasteiger partial charge >= 0.3 is 0 Å². The molecule has 4 heteroatoms. The highest BCUT2D eigenvalue weighted by Crippen LogP contribution is 2.42. The van der Waals surface area contributed by atoms with Gasteiger partial charge in [-0.2, -0.15) is 0 Å². The second-order valence-corrected chi connectivity index (χ2v) is 11.2. The molecule has 0 unspecified atom stereocenters. The van der Waals surface area contributed by atoms with E-state index in [0.29, 0.717) is 16.5 Å². The van der Waals surface area contributed by atoms with E-state index < -0.39 is 7.92 Å². The predicted octanol–water partition coefficient (Wildman–Crippen LogP) is 6.81. The van der Waals surface area contributed by atoms with Crippen molar-refractivity contribution in [2.24, 2.45) is 0 Å². The minimum Gasteiger partial charge on any atom is -0.507 e. The number of phenolic OH excluding ortho intramolecular Hbond substituents is 2. The van der Waals surface area contributed by atoms with E-state index in [4.69, 9.17) is 11.6 Å². The first-order chi connectivity index (χ1) is 15.3. The van der Waals surface area contributed by atoms with Crippen LogP contribution in [0.15, 0.2) is 48.5 Å². The normalized spacial score (nSPS) is 11.3. The third-order valence-corrected chi connectivity index (χ3v) is 8.54. The van der Waals surface area contributed by atoms with Crippen LogP contribution >= 0.6 is 19.5 Å². The zero-order valence-electron chi connectivity index (χ0n) is 19.6. The Balaban J connectivity index is 2.26. The minimum absolute atomic E-state index is 0.312. The number of halogens is 1. The maximum absolute atomic E-state index is 11.2. The summed E-state index contributed by atoms with van der Waals surface area (Å²) >= 11 is 6.39. The van der Waals surface area contributed by atoms with Crippen molar-refractivity contribution in [3.8, 4) is 11.5 Å². The topological polar surface area (TPSA) is 40.5 Å². The van der Waals surface area contributed by atoms with Crippen molar-refractivity contribution in [3.05, 3.63) is 75.8 Å². The summed E-state index contributed by atoms with van der Waals surface area (Å²) in [6.45, 7) is 8.30. The number of aromatic hydroxyl groups is 2. The van der Waals surface area contributed by atoms with Gasteiger partial charge in [0.2, 0.25) is 0 Å². The second-order valence-electron chi connectivity index (χ2n) is 8.58. The van der Waals surface area contributed by atoms with Gasteiger partial charge in [0.1, 0.15) is 11.5 Å². The Morgan fingerprint density at radius 3 is 1.69 bits per heavy atom. The van der Waals surface area contributed by atoms with E-state index in [9.17, 15) is 10.2 Å². The molecule has 170 valence electrons. The van der Waals surface area contributed by atoms with Gasteiger partial charge < -0.3 is 10.2 Å². The van der Waals surface area contributed by atoms with E-state index in [1.54, 1.807) is 0 Å². The fourth-order valence-corrected chi connectivity index (χ4v) is 7.03. The molecule has 0 aromatic heterocycles. The van der Waals surface area contributed by atoms with Crippen LogP contribution < -0.4 is 15.9 Å². The maximum Gasteiger partial charge on any atom is 0.126 e. The first-order valence-electron chi connectivity index (χ1n) is 11.6. The van der Waals surface area contributed by atoms with Crippen molar-refractivity contribution in [1.29, 1.82) is 0 Å². The van der Waals surface area contributed by atoms with Gasteiger partial charge in [-0.05, 0) is 99.3 Å². The van der Waals surface area contributed by atoms with Gasteiger partial charge in [-0.25, -0.2) is 0 Å². The first kappa shape index (κ1) is 24.6. The lowest BCUT2D eigenvalue weighted by Crippen LogP contribution is -2.23. The molecular weight excluding hydrogens is 435 g/mol. The second kappa shape index (κ2) is 11.2. The molecule has 0 fully saturated rings. The zero-order valence-corrected chi connectivity index (χ0v) is 21.2. The largest absolute Gasteiger partial charge is 0.507 e. The van der Waals surface area contributed by atoms with Crippen LogP contribution in [0.5, 0.6) is 11.5 Å². The van der Waals surface area contributed by atoms with Crippen LogP contribution in [0.1, 0.15) is 61.8 Å². The SMILES string of the molecule is CCCCc1cc(C)c(O)c(P(c2cccc(Cl)c2)c2cc(CCCC)cc(C)c2O)c1. The average molecular weight is 469 g/mol. The number of phenols is 2. The molecule has 3 rings (SSSR count). The molecular formula is C28H34ClO2P. The van der Waals surface area contributed by atoms with Gasteiger partial charge in [-0.1, -0.05) is 62.6 Å². The summed E-state index contributed by atoms with van der Waals surface area (Å²) in [5.41, 5.74) is 4.21. The summed E-state index contributed by atoms with van der Waals surface area (Å²) in [6, 6.07) is 16.3. The van der Waals surface area contributed by atoms with E-state index in [0.717, 1.165) is 65.6 Å². The fourth-order valence-electron chi connectivity index (χ4n) is 4.08. The molecule has 2 nitrogen and oxygen atoms in total. The lowest BCUT2D eigenvalue weighted by molar-refractivity contribution is 0.474. The van der Waals surface area contributed by atoms with E-state index in [2.05, 4.69) is 44.2 Å². The fraction of sp³-hybridized carbons (Fsp3) is 0.357. The monoisotopic (exact) mass is 468 g/mol. The Morgan fingerprint density at radius 2 is 1.25 bits per heavy atom. The van der Waals surface area contributed by atoms with E-state index >= 15 is 0 Å². The molecule has 0 radical (unpaired) electrons. The lowest BCUT2D eigenvalue weighted by Gasteiger charge is -2.24. The number of unbranched alkanes of at least 4 members (excludes halogenated alkanes) is 2. The van der Waals surface area contributed by atoms with Crippen LogP contribution in [-0.2, 0) is 12.8 Å². The van der Waals surface area contributed by atoms with Crippen LogP contribution in [0.25, 0.3) is 0 Å². The molecule has 0 atom stereocenters. The van der Waals surface area contributed by atoms with Crippen LogP contribution in [0.2, 0.25) is 5.02 Å². The van der Waals surface area contributed by atoms with Gasteiger partial charge in [-0.15, -0.1) is 0 Å². The molecule has 0 amide bonds. The molecule has 0 spiro atoms. The van der Waals surface area contributed by atoms with Gasteiger partial charge in [0.05, 0.1) is 0 Å². The standard InChI is InChI=1S/C28H34ClO2P/c1-5-7-10-21-14-19(3)27(30)25(16-21)32(24-13-9-12-23(29)18-24)26-17-22(11-8-6-2)15-20(4)28(26)31/h9,12-18,30-31H,5-8,10-11H2,1-4H3. The molecule has 0 saturated carbocycles. The highest BCUT2D eigenvalue weighted by molar-refractivity contribution is 7.80. The number of hydrogen-bond donors (Lipinski definition) is 2. The van der Waals surface area contributed by atoms with Gasteiger partial charge in [-0.3, -0.25) is 0 Å². The Labute approximate surface area is 199 Å². The quantitative estimate of drug-likeness (QED) is 0.338. The van der Waals surface area contributed by atoms with Crippen molar-refractivity contribution in [2.75, 3.05) is 0 Å². The Morgan fingerprint density at radius 1 is 0.750 bits per heavy atom. The first-order valence-corrected chi connectivity index (χ1v) is 13.3. The number of aryl methyl sites for hydroxylation is 4. The number of rotatable bonds is 9. The summed E-state index contributed by atoms with van der Waals surface area (Å²) in [5.74, 6) is 0.625. The van der Waals surface area contributed by atoms with Crippen LogP contribution in [0.3, 0.4) is 0 Å². The van der Waals surface area contributed by atoms with Crippen molar-refractivity contribution in [1.82, 2.24) is 0 Å². The summed E-state index contributed by atoms with van der Waals surface area (Å²) in [5, 5.41) is 25.8. The molecule has 0 heterocycles. The molecule has 32 heavy (non-hydrogen) atoms. The number of benzene rings is 3. The van der Waals surface area contributed by atoms with Crippen molar-refractivity contribution in [2.45, 2.75) is 66.2 Å². The smallest absolute Gasteiger partial charge is 0.126 e. The minimum atomic E-state index is -1.18. The third kappa shape index (κ3) is 5.66. The Kier molecular flexibility index (Phi) is 8.63. The Bertz CT molecular complexity index is 1010. The lowest BCUT2D eigenvalue weighted by atomic mass is 10.1.